The van der Waals surface area contributed by atoms with Crippen molar-refractivity contribution in [1.29, 1.82) is 10.5 Å². The minimum atomic E-state index is -0.528. The molecule has 1 amide bonds. The van der Waals surface area contributed by atoms with E-state index in [1.807, 2.05) is 6.07 Å². The Kier molecular flexibility index (Phi) is 7.70. The molecule has 0 unspecified atom stereocenters. The largest absolute Gasteiger partial charge is 0.493 e. The van der Waals surface area contributed by atoms with Crippen molar-refractivity contribution in [3.8, 4) is 23.6 Å². The van der Waals surface area contributed by atoms with Gasteiger partial charge in [0, 0.05) is 4.88 Å². The van der Waals surface area contributed by atoms with Gasteiger partial charge in [-0.1, -0.05) is 19.4 Å². The number of methoxy groups -OCH3 is 1. The molecule has 1 heterocycles. The van der Waals surface area contributed by atoms with Gasteiger partial charge in [0.15, 0.2) is 11.5 Å². The van der Waals surface area contributed by atoms with E-state index in [2.05, 4.69) is 18.3 Å². The van der Waals surface area contributed by atoms with Crippen LogP contribution in [0.2, 0.25) is 0 Å². The summed E-state index contributed by atoms with van der Waals surface area (Å²) < 4.78 is 11.1. The molecule has 7 heteroatoms. The standard InChI is InChI=1S/C24H25N3O3S/c1-3-4-11-30-20-10-9-16(13-21(20)29-2)12-17(14-25)23(28)27-24-19(15-26)18-7-5-6-8-22(18)31-24/h9-10,12-13H,3-8,11H2,1-2H3,(H,27,28)/b17-12+. The summed E-state index contributed by atoms with van der Waals surface area (Å²) in [6.45, 7) is 2.69. The van der Waals surface area contributed by atoms with Crippen molar-refractivity contribution >= 4 is 28.3 Å². The number of ether oxygens (including phenoxy) is 2. The van der Waals surface area contributed by atoms with Crippen LogP contribution in [0.5, 0.6) is 11.5 Å². The normalized spacial score (nSPS) is 13.0. The van der Waals surface area contributed by atoms with Crippen LogP contribution in [-0.2, 0) is 17.6 Å². The van der Waals surface area contributed by atoms with Crippen molar-refractivity contribution in [3.05, 3.63) is 45.3 Å². The monoisotopic (exact) mass is 435 g/mol. The van der Waals surface area contributed by atoms with Crippen molar-refractivity contribution < 1.29 is 14.3 Å². The first-order chi connectivity index (χ1) is 15.1. The molecule has 1 aromatic carbocycles. The predicted molar refractivity (Wildman–Crippen MR) is 121 cm³/mol. The Balaban J connectivity index is 1.80. The zero-order chi connectivity index (χ0) is 22.2. The lowest BCUT2D eigenvalue weighted by molar-refractivity contribution is -0.112. The van der Waals surface area contributed by atoms with Crippen molar-refractivity contribution in [2.75, 3.05) is 19.0 Å². The summed E-state index contributed by atoms with van der Waals surface area (Å²) in [6.07, 6.45) is 7.42. The molecule has 1 aliphatic rings. The molecule has 0 saturated carbocycles. The number of nitrogens with zero attached hydrogens (tertiary/aromatic N) is 2. The Morgan fingerprint density at radius 2 is 2.06 bits per heavy atom. The molecule has 0 radical (unpaired) electrons. The van der Waals surface area contributed by atoms with E-state index in [1.54, 1.807) is 25.3 Å². The highest BCUT2D eigenvalue weighted by Gasteiger charge is 2.22. The minimum Gasteiger partial charge on any atom is -0.493 e. The first-order valence-corrected chi connectivity index (χ1v) is 11.2. The third kappa shape index (κ3) is 5.25. The van der Waals surface area contributed by atoms with Crippen LogP contribution in [0.25, 0.3) is 6.08 Å². The van der Waals surface area contributed by atoms with E-state index in [4.69, 9.17) is 9.47 Å². The summed E-state index contributed by atoms with van der Waals surface area (Å²) in [7, 11) is 1.55. The second-order valence-electron chi connectivity index (χ2n) is 7.26. The summed E-state index contributed by atoms with van der Waals surface area (Å²) in [6, 6.07) is 9.46. The molecule has 2 aromatic rings. The highest BCUT2D eigenvalue weighted by molar-refractivity contribution is 7.16. The van der Waals surface area contributed by atoms with Gasteiger partial charge in [-0.3, -0.25) is 4.79 Å². The quantitative estimate of drug-likeness (QED) is 0.348. The Labute approximate surface area is 186 Å². The second kappa shape index (κ2) is 10.7. The van der Waals surface area contributed by atoms with Gasteiger partial charge < -0.3 is 14.8 Å². The molecule has 1 aromatic heterocycles. The highest BCUT2D eigenvalue weighted by Crippen LogP contribution is 2.38. The van der Waals surface area contributed by atoms with Gasteiger partial charge in [-0.25, -0.2) is 0 Å². The third-order valence-corrected chi connectivity index (χ3v) is 6.34. The summed E-state index contributed by atoms with van der Waals surface area (Å²) in [4.78, 5) is 13.9. The molecule has 1 aliphatic carbocycles. The maximum atomic E-state index is 12.8. The van der Waals surface area contributed by atoms with E-state index < -0.39 is 5.91 Å². The van der Waals surface area contributed by atoms with E-state index >= 15 is 0 Å². The van der Waals surface area contributed by atoms with Crippen molar-refractivity contribution in [1.82, 2.24) is 0 Å². The van der Waals surface area contributed by atoms with Gasteiger partial charge in [0.1, 0.15) is 22.7 Å². The predicted octanol–water partition coefficient (Wildman–Crippen LogP) is 5.23. The number of benzene rings is 1. The summed E-state index contributed by atoms with van der Waals surface area (Å²) >= 11 is 1.44. The Morgan fingerprint density at radius 3 is 2.77 bits per heavy atom. The van der Waals surface area contributed by atoms with Crippen LogP contribution in [0.1, 0.15) is 54.2 Å². The highest BCUT2D eigenvalue weighted by atomic mass is 32.1. The second-order valence-corrected chi connectivity index (χ2v) is 8.37. The SMILES string of the molecule is CCCCOc1ccc(/C=C(\C#N)C(=O)Nc2sc3c(c2C#N)CCCC3)cc1OC. The molecular formula is C24H25N3O3S. The zero-order valence-corrected chi connectivity index (χ0v) is 18.6. The number of hydrogen-bond acceptors (Lipinski definition) is 6. The number of carbonyl (C=O) groups excluding carboxylic acids is 1. The van der Waals surface area contributed by atoms with Crippen LogP contribution in [0.4, 0.5) is 5.00 Å². The third-order valence-electron chi connectivity index (χ3n) is 5.13. The molecule has 6 nitrogen and oxygen atoms in total. The molecule has 31 heavy (non-hydrogen) atoms. The van der Waals surface area contributed by atoms with E-state index in [0.717, 1.165) is 49.0 Å². The molecule has 0 aliphatic heterocycles. The van der Waals surface area contributed by atoms with Crippen molar-refractivity contribution in [3.63, 3.8) is 0 Å². The van der Waals surface area contributed by atoms with Gasteiger partial charge in [-0.05, 0) is 61.4 Å². The first-order valence-electron chi connectivity index (χ1n) is 10.4. The number of nitrogens with one attached hydrogen (secondary N) is 1. The van der Waals surface area contributed by atoms with Crippen LogP contribution < -0.4 is 14.8 Å². The molecule has 0 atom stereocenters. The lowest BCUT2D eigenvalue weighted by atomic mass is 9.96. The Hall–Kier alpha value is -3.29. The van der Waals surface area contributed by atoms with Gasteiger partial charge in [-0.15, -0.1) is 11.3 Å². The number of nitriles is 2. The average Bonchev–Trinajstić information content (AvgIpc) is 3.14. The van der Waals surface area contributed by atoms with Gasteiger partial charge in [0.2, 0.25) is 0 Å². The fraction of sp³-hybridized carbons (Fsp3) is 0.375. The number of aryl methyl sites for hydroxylation is 1. The van der Waals surface area contributed by atoms with Crippen LogP contribution >= 0.6 is 11.3 Å². The molecule has 3 rings (SSSR count). The van der Waals surface area contributed by atoms with Gasteiger partial charge in [0.25, 0.3) is 5.91 Å². The topological polar surface area (TPSA) is 95.1 Å². The lowest BCUT2D eigenvalue weighted by Crippen LogP contribution is -2.13. The van der Waals surface area contributed by atoms with Crippen molar-refractivity contribution in [2.45, 2.75) is 45.4 Å². The molecule has 0 spiro atoms. The number of rotatable bonds is 8. The maximum absolute atomic E-state index is 12.8. The number of amides is 1. The molecule has 160 valence electrons. The van der Waals surface area contributed by atoms with Gasteiger partial charge in [0.05, 0.1) is 19.3 Å². The number of carbonyl (C=O) groups is 1. The number of thiophene rings is 1. The van der Waals surface area contributed by atoms with Gasteiger partial charge in [-0.2, -0.15) is 10.5 Å². The molecule has 0 saturated heterocycles. The Bertz CT molecular complexity index is 1070. The van der Waals surface area contributed by atoms with Crippen LogP contribution in [0.15, 0.2) is 23.8 Å². The number of anilines is 1. The minimum absolute atomic E-state index is 0.0445. The van der Waals surface area contributed by atoms with Gasteiger partial charge >= 0.3 is 0 Å². The molecule has 0 fully saturated rings. The first kappa shape index (κ1) is 22.4. The van der Waals surface area contributed by atoms with Crippen LogP contribution in [0, 0.1) is 22.7 Å². The summed E-state index contributed by atoms with van der Waals surface area (Å²) in [5.74, 6) is 0.638. The Morgan fingerprint density at radius 1 is 1.26 bits per heavy atom. The maximum Gasteiger partial charge on any atom is 0.266 e. The fourth-order valence-electron chi connectivity index (χ4n) is 3.48. The van der Waals surface area contributed by atoms with E-state index in [-0.39, 0.29) is 5.57 Å². The average molecular weight is 436 g/mol. The van der Waals surface area contributed by atoms with E-state index in [0.29, 0.717) is 34.2 Å². The molecular weight excluding hydrogens is 410 g/mol. The lowest BCUT2D eigenvalue weighted by Gasteiger charge is -2.11. The summed E-state index contributed by atoms with van der Waals surface area (Å²) in [5, 5.41) is 22.4. The smallest absolute Gasteiger partial charge is 0.266 e. The number of fused-ring (bicyclic) bond motifs is 1. The number of unbranched alkanes of at least 4 members (excludes halogenated alkanes) is 1. The van der Waals surface area contributed by atoms with E-state index in [9.17, 15) is 15.3 Å². The van der Waals surface area contributed by atoms with Crippen LogP contribution in [0.3, 0.4) is 0 Å². The van der Waals surface area contributed by atoms with Crippen LogP contribution in [-0.4, -0.2) is 19.6 Å². The summed E-state index contributed by atoms with van der Waals surface area (Å²) in [5.41, 5.74) is 2.18. The number of hydrogen-bond donors (Lipinski definition) is 1. The van der Waals surface area contributed by atoms with Crippen molar-refractivity contribution in [2.24, 2.45) is 0 Å². The zero-order valence-electron chi connectivity index (χ0n) is 17.8. The molecule has 1 N–H and O–H groups in total. The molecule has 0 bridgehead atoms. The fourth-order valence-corrected chi connectivity index (χ4v) is 4.71. The van der Waals surface area contributed by atoms with E-state index in [1.165, 1.54) is 17.4 Å².